The van der Waals surface area contributed by atoms with Gasteiger partial charge in [-0.05, 0) is 68.1 Å². The molecule has 5 aliphatic rings. The summed E-state index contributed by atoms with van der Waals surface area (Å²) in [5.74, 6) is 2.73. The van der Waals surface area contributed by atoms with Crippen LogP contribution in [0.2, 0.25) is 0 Å². The van der Waals surface area contributed by atoms with Gasteiger partial charge in [0.05, 0.1) is 12.2 Å². The molecule has 1 spiro atoms. The van der Waals surface area contributed by atoms with Crippen LogP contribution in [0, 0.1) is 28.6 Å². The summed E-state index contributed by atoms with van der Waals surface area (Å²) in [7, 11) is 0. The van der Waals surface area contributed by atoms with Crippen molar-refractivity contribution < 1.29 is 9.84 Å². The van der Waals surface area contributed by atoms with E-state index in [1.807, 2.05) is 0 Å². The molecule has 0 aromatic rings. The molecule has 21 heavy (non-hydrogen) atoms. The van der Waals surface area contributed by atoms with E-state index in [1.54, 1.807) is 0 Å². The lowest BCUT2D eigenvalue weighted by atomic mass is 9.45. The smallest absolute Gasteiger partial charge is 0.103 e. The van der Waals surface area contributed by atoms with Gasteiger partial charge in [-0.25, -0.2) is 0 Å². The Morgan fingerprint density at radius 1 is 1.00 bits per heavy atom. The van der Waals surface area contributed by atoms with Gasteiger partial charge in [-0.1, -0.05) is 20.3 Å². The number of aliphatic hydroxyl groups excluding tert-OH is 1. The second-order valence-corrected chi connectivity index (χ2v) is 9.51. The van der Waals surface area contributed by atoms with E-state index in [-0.39, 0.29) is 11.7 Å². The van der Waals surface area contributed by atoms with Crippen LogP contribution in [0.15, 0.2) is 0 Å². The van der Waals surface area contributed by atoms with E-state index >= 15 is 0 Å². The molecule has 5 fully saturated rings. The normalized spacial score (nSPS) is 65.0. The van der Waals surface area contributed by atoms with Gasteiger partial charge in [0, 0.05) is 11.8 Å². The summed E-state index contributed by atoms with van der Waals surface area (Å²) >= 11 is 0. The van der Waals surface area contributed by atoms with E-state index < -0.39 is 0 Å². The Bertz CT molecular complexity index is 476. The molecule has 0 aromatic heterocycles. The molecule has 0 unspecified atom stereocenters. The molecular formula is C19H30O2. The molecule has 1 N–H and O–H groups in total. The highest BCUT2D eigenvalue weighted by molar-refractivity contribution is 5.23. The molecule has 1 saturated heterocycles. The van der Waals surface area contributed by atoms with Gasteiger partial charge in [-0.3, -0.25) is 0 Å². The second-order valence-electron chi connectivity index (χ2n) is 9.51. The molecule has 0 amide bonds. The summed E-state index contributed by atoms with van der Waals surface area (Å²) in [5, 5.41) is 10.2. The summed E-state index contributed by atoms with van der Waals surface area (Å²) < 4.78 is 6.36. The quantitative estimate of drug-likeness (QED) is 0.686. The van der Waals surface area contributed by atoms with Crippen LogP contribution in [-0.4, -0.2) is 22.9 Å². The minimum atomic E-state index is -0.111. The maximum atomic E-state index is 10.2. The fourth-order valence-corrected chi connectivity index (χ4v) is 7.65. The number of rotatable bonds is 0. The van der Waals surface area contributed by atoms with Crippen LogP contribution in [0.5, 0.6) is 0 Å². The van der Waals surface area contributed by atoms with Crippen LogP contribution in [0.1, 0.15) is 71.6 Å². The molecule has 1 aliphatic heterocycles. The van der Waals surface area contributed by atoms with E-state index in [0.717, 1.165) is 30.6 Å². The van der Waals surface area contributed by atoms with Crippen molar-refractivity contribution in [2.45, 2.75) is 89.4 Å². The highest BCUT2D eigenvalue weighted by atomic mass is 16.6. The lowest BCUT2D eigenvalue weighted by Gasteiger charge is -2.58. The molecule has 118 valence electrons. The van der Waals surface area contributed by atoms with E-state index in [0.29, 0.717) is 16.9 Å². The summed E-state index contributed by atoms with van der Waals surface area (Å²) in [6.07, 6.45) is 12.0. The molecule has 4 saturated carbocycles. The van der Waals surface area contributed by atoms with Gasteiger partial charge < -0.3 is 9.84 Å². The predicted molar refractivity (Wildman–Crippen MR) is 81.8 cm³/mol. The van der Waals surface area contributed by atoms with Gasteiger partial charge in [0.25, 0.3) is 0 Å². The van der Waals surface area contributed by atoms with Crippen molar-refractivity contribution in [3.63, 3.8) is 0 Å². The summed E-state index contributed by atoms with van der Waals surface area (Å²) in [6, 6.07) is 0. The molecular weight excluding hydrogens is 260 g/mol. The van der Waals surface area contributed by atoms with Gasteiger partial charge in [-0.2, -0.15) is 0 Å². The van der Waals surface area contributed by atoms with Gasteiger partial charge in [0.15, 0.2) is 0 Å². The van der Waals surface area contributed by atoms with Crippen LogP contribution >= 0.6 is 0 Å². The SMILES string of the molecule is C[C@@]12CCC[C@H]1[C@@H]1C[C@@H]3O[C@@]34C[C@@H](O)CC[C@]4(C)[C@H]1CC2. The first-order chi connectivity index (χ1) is 9.99. The molecule has 0 aromatic carbocycles. The van der Waals surface area contributed by atoms with Crippen LogP contribution in [0.4, 0.5) is 0 Å². The van der Waals surface area contributed by atoms with Gasteiger partial charge in [0.1, 0.15) is 5.60 Å². The van der Waals surface area contributed by atoms with Gasteiger partial charge in [-0.15, -0.1) is 0 Å². The average Bonchev–Trinajstić information content (AvgIpc) is 2.98. The molecule has 2 nitrogen and oxygen atoms in total. The average molecular weight is 290 g/mol. The van der Waals surface area contributed by atoms with E-state index in [9.17, 15) is 5.11 Å². The molecule has 0 bridgehead atoms. The molecule has 0 radical (unpaired) electrons. The Morgan fingerprint density at radius 3 is 2.71 bits per heavy atom. The number of hydrogen-bond donors (Lipinski definition) is 1. The van der Waals surface area contributed by atoms with E-state index in [4.69, 9.17) is 4.74 Å². The zero-order chi connectivity index (χ0) is 14.5. The summed E-state index contributed by atoms with van der Waals surface area (Å²) in [6.45, 7) is 5.09. The Balaban J connectivity index is 1.52. The number of fused-ring (bicyclic) bond motifs is 4. The first-order valence-corrected chi connectivity index (χ1v) is 9.34. The molecule has 4 aliphatic carbocycles. The maximum Gasteiger partial charge on any atom is 0.103 e. The zero-order valence-electron chi connectivity index (χ0n) is 13.6. The van der Waals surface area contributed by atoms with Crippen molar-refractivity contribution in [1.82, 2.24) is 0 Å². The van der Waals surface area contributed by atoms with Crippen molar-refractivity contribution in [2.75, 3.05) is 0 Å². The van der Waals surface area contributed by atoms with Crippen molar-refractivity contribution in [2.24, 2.45) is 28.6 Å². The highest BCUT2D eigenvalue weighted by Crippen LogP contribution is 2.73. The third kappa shape index (κ3) is 1.47. The van der Waals surface area contributed by atoms with E-state index in [2.05, 4.69) is 13.8 Å². The third-order valence-corrected chi connectivity index (χ3v) is 8.84. The highest BCUT2D eigenvalue weighted by Gasteiger charge is 2.75. The van der Waals surface area contributed by atoms with Gasteiger partial charge >= 0.3 is 0 Å². The van der Waals surface area contributed by atoms with Crippen molar-refractivity contribution in [1.29, 1.82) is 0 Å². The number of hydrogen-bond acceptors (Lipinski definition) is 2. The summed E-state index contributed by atoms with van der Waals surface area (Å²) in [5.41, 5.74) is 1.06. The van der Waals surface area contributed by atoms with Gasteiger partial charge in [0.2, 0.25) is 0 Å². The van der Waals surface area contributed by atoms with Crippen molar-refractivity contribution in [3.8, 4) is 0 Å². The number of ether oxygens (including phenoxy) is 1. The monoisotopic (exact) mass is 290 g/mol. The molecule has 1 heterocycles. The second kappa shape index (κ2) is 3.87. The fourth-order valence-electron chi connectivity index (χ4n) is 7.65. The summed E-state index contributed by atoms with van der Waals surface area (Å²) in [4.78, 5) is 0. The number of aliphatic hydroxyl groups is 1. The lowest BCUT2D eigenvalue weighted by Crippen LogP contribution is -2.58. The first kappa shape index (κ1) is 13.4. The van der Waals surface area contributed by atoms with Crippen LogP contribution in [0.3, 0.4) is 0 Å². The Morgan fingerprint density at radius 2 is 1.86 bits per heavy atom. The molecule has 5 rings (SSSR count). The molecule has 2 heteroatoms. The van der Waals surface area contributed by atoms with E-state index in [1.165, 1.54) is 44.9 Å². The van der Waals surface area contributed by atoms with Crippen molar-refractivity contribution in [3.05, 3.63) is 0 Å². The Kier molecular flexibility index (Phi) is 2.46. The minimum absolute atomic E-state index is 0.0676. The lowest BCUT2D eigenvalue weighted by molar-refractivity contribution is -0.107. The van der Waals surface area contributed by atoms with Crippen LogP contribution in [-0.2, 0) is 4.74 Å². The topological polar surface area (TPSA) is 32.8 Å². The zero-order valence-corrected chi connectivity index (χ0v) is 13.6. The van der Waals surface area contributed by atoms with Crippen LogP contribution in [0.25, 0.3) is 0 Å². The largest absolute Gasteiger partial charge is 0.393 e. The van der Waals surface area contributed by atoms with Crippen LogP contribution < -0.4 is 0 Å². The predicted octanol–water partition coefficient (Wildman–Crippen LogP) is 3.91. The fraction of sp³-hybridized carbons (Fsp3) is 1.00. The third-order valence-electron chi connectivity index (χ3n) is 8.84. The standard InChI is InChI=1S/C19H30O2/c1-17-7-3-4-14(17)13-10-16-19(21-16)11-12(20)5-9-18(19,2)15(13)6-8-17/h12-16,20H,3-11H2,1-2H3/t12-,13-,14-,15-,16-,17-,18+,19-/m0/s1. The van der Waals surface area contributed by atoms with Crippen molar-refractivity contribution >= 4 is 0 Å². The number of epoxide rings is 1. The minimum Gasteiger partial charge on any atom is -0.393 e. The Labute approximate surface area is 128 Å². The first-order valence-electron chi connectivity index (χ1n) is 9.34. The maximum absolute atomic E-state index is 10.2. The Hall–Kier alpha value is -0.0800. The molecule has 8 atom stereocenters.